The first kappa shape index (κ1) is 69.3. The highest BCUT2D eigenvalue weighted by Gasteiger charge is 2.44. The number of alkyl carbamates (subject to hydrolysis) is 1. The van der Waals surface area contributed by atoms with E-state index < -0.39 is 151 Å². The summed E-state index contributed by atoms with van der Waals surface area (Å²) < 4.78 is 5.29. The molecule has 0 saturated carbocycles. The van der Waals surface area contributed by atoms with Crippen molar-refractivity contribution < 1.29 is 72.8 Å². The number of rotatable bonds is 19. The van der Waals surface area contributed by atoms with E-state index in [2.05, 4.69) is 63.6 Å². The molecule has 2 aromatic carbocycles. The van der Waals surface area contributed by atoms with Crippen LogP contribution in [0, 0.1) is 17.8 Å². The van der Waals surface area contributed by atoms with Gasteiger partial charge in [0.25, 0.3) is 0 Å². The molecule has 0 radical (unpaired) electrons. The number of amides is 10. The van der Waals surface area contributed by atoms with Crippen molar-refractivity contribution in [2.24, 2.45) is 17.8 Å². The van der Waals surface area contributed by atoms with Crippen LogP contribution in [-0.4, -0.2) is 183 Å². The van der Waals surface area contributed by atoms with Crippen LogP contribution in [0.2, 0.25) is 0 Å². The second-order valence-electron chi connectivity index (χ2n) is 23.6. The van der Waals surface area contributed by atoms with Gasteiger partial charge in [-0.15, -0.1) is 11.8 Å². The first-order valence-corrected chi connectivity index (χ1v) is 30.5. The number of hydrogen-bond acceptors (Lipinski definition) is 18. The fourth-order valence-electron chi connectivity index (χ4n) is 10.0. The maximum absolute atomic E-state index is 14.9. The number of H-pyrrole nitrogens is 1. The van der Waals surface area contributed by atoms with Gasteiger partial charge in [0.05, 0.1) is 62.2 Å². The quantitative estimate of drug-likeness (QED) is 0.0410. The molecule has 7 rings (SSSR count). The minimum atomic E-state index is -1.64. The predicted molar refractivity (Wildman–Crippen MR) is 324 cm³/mol. The number of carbonyl (C=O) groups is 10. The Kier molecular flexibility index (Phi) is 24.7. The maximum Gasteiger partial charge on any atom is 0.408 e. The van der Waals surface area contributed by atoms with E-state index in [9.17, 15) is 63.3 Å². The Bertz CT molecular complexity index is 3040. The summed E-state index contributed by atoms with van der Waals surface area (Å²) in [5.41, 5.74) is 4.19. The molecule has 5 heterocycles. The van der Waals surface area contributed by atoms with Gasteiger partial charge in [-0.3, -0.25) is 53.3 Å². The molecular weight excluding hydrogens is 1160 g/mol. The molecule has 29 heteroatoms. The maximum atomic E-state index is 14.9. The number of aliphatic hydroxyl groups excluding tert-OH is 3. The van der Waals surface area contributed by atoms with Crippen LogP contribution in [0.1, 0.15) is 92.7 Å². The number of anilines is 1. The zero-order chi connectivity index (χ0) is 64.7. The predicted octanol–water partition coefficient (Wildman–Crippen LogP) is -0.468. The van der Waals surface area contributed by atoms with Crippen LogP contribution in [-0.2, 0) is 65.8 Å². The highest BCUT2D eigenvalue weighted by Crippen LogP contribution is 2.30. The Morgan fingerprint density at radius 1 is 0.818 bits per heavy atom. The van der Waals surface area contributed by atoms with Crippen molar-refractivity contribution in [3.63, 3.8) is 0 Å². The molecule has 4 aliphatic rings. The SMILES string of the molecule is CC[C@H](C)[C@@H]1NC(=O)CNC(=O)[C@@H](Cc2c(SC)[nH]c3ccccc23)NC(=O)[C@H]([C@@H](C)[C@@H](O)CO)N[C@@H]2C[C@@H](O)CN2C(=O)[C@H](CC(=O)NOCc2ccc(NC(=O)[C@H](C)NC(=O)C(NC(=O)OC(C)(C)C)C(C)C)cc2)NC(=O)C2C=C(CNC1=O)N2. The van der Waals surface area contributed by atoms with E-state index in [-0.39, 0.29) is 44.4 Å². The van der Waals surface area contributed by atoms with Gasteiger partial charge >= 0.3 is 6.09 Å². The van der Waals surface area contributed by atoms with E-state index in [4.69, 9.17) is 9.57 Å². The van der Waals surface area contributed by atoms with Gasteiger partial charge in [0.1, 0.15) is 41.9 Å². The molecule has 15 N–H and O–H groups in total. The van der Waals surface area contributed by atoms with Gasteiger partial charge in [-0.2, -0.15) is 0 Å². The standard InChI is InChI=1S/C59H85N13O15S/c1-11-30(4)48-53(81)60-24-35-20-40(63-35)52(80)66-42(23-45(76)71-86-28-33-16-18-34(19-17-33)64-50(78)32(6)62-54(82)47(29(2)3)70-58(85)87-59(7,8)9)57(84)72-26-36(74)21-44(72)68-49(31(5)43(75)27-73)55(83)65-41(51(79)61-25-46(77)69-48)22-38-37-14-12-13-15-39(37)67-56(38)88-10/h12-20,29-32,36,40-44,47-49,63,67-68,73-75H,11,21-28H2,1-10H3,(H,60,81)(H,61,79)(H,62,82)(H,64,78)(H,65,83)(H,66,80)(H,69,77)(H,70,85)(H,71,76)/t30-,31-,32-,36+,40?,41+,42-,43-,44-,47?,48-,49-/m0/s1. The number of aliphatic hydroxyl groups is 3. The number of para-hydroxylation sites is 1. The number of carbonyl (C=O) groups excluding carboxylic acids is 10. The summed E-state index contributed by atoms with van der Waals surface area (Å²) in [6.07, 6.45) is -1.96. The zero-order valence-corrected chi connectivity index (χ0v) is 52.0. The lowest BCUT2D eigenvalue weighted by atomic mass is 9.94. The number of fused-ring (bicyclic) bond motifs is 17. The number of nitrogens with one attached hydrogen (secondary N) is 12. The molecule has 2 saturated heterocycles. The largest absolute Gasteiger partial charge is 0.444 e. The van der Waals surface area contributed by atoms with E-state index in [0.29, 0.717) is 34.0 Å². The van der Waals surface area contributed by atoms with Crippen LogP contribution in [0.4, 0.5) is 10.5 Å². The van der Waals surface area contributed by atoms with Crippen molar-refractivity contribution in [3.8, 4) is 0 Å². The third kappa shape index (κ3) is 19.1. The van der Waals surface area contributed by atoms with Gasteiger partial charge in [0.2, 0.25) is 53.2 Å². The number of aromatic amines is 1. The monoisotopic (exact) mass is 1250 g/mol. The summed E-state index contributed by atoms with van der Waals surface area (Å²) in [5, 5.41) is 61.2. The Morgan fingerprint density at radius 3 is 2.14 bits per heavy atom. The van der Waals surface area contributed by atoms with Gasteiger partial charge in [0.15, 0.2) is 0 Å². The van der Waals surface area contributed by atoms with E-state index in [1.807, 2.05) is 37.4 Å². The fourth-order valence-corrected chi connectivity index (χ4v) is 10.7. The molecule has 1 aromatic heterocycles. The second kappa shape index (κ2) is 31.4. The summed E-state index contributed by atoms with van der Waals surface area (Å²) in [6.45, 7) is 13.0. The molecule has 0 aliphatic carbocycles. The first-order valence-electron chi connectivity index (χ1n) is 29.3. The van der Waals surface area contributed by atoms with Crippen LogP contribution in [0.25, 0.3) is 10.9 Å². The van der Waals surface area contributed by atoms with Gasteiger partial charge in [-0.1, -0.05) is 71.4 Å². The lowest BCUT2D eigenvalue weighted by Crippen LogP contribution is -2.62. The van der Waals surface area contributed by atoms with Gasteiger partial charge in [-0.05, 0) is 81.2 Å². The lowest BCUT2D eigenvalue weighted by molar-refractivity contribution is -0.143. The molecule has 2 fully saturated rings. The summed E-state index contributed by atoms with van der Waals surface area (Å²) in [5.74, 6) is -8.42. The average Bonchev–Trinajstić information content (AvgIpc) is 2.76. The summed E-state index contributed by atoms with van der Waals surface area (Å²) >= 11 is 1.37. The van der Waals surface area contributed by atoms with Crippen molar-refractivity contribution >= 4 is 87.6 Å². The normalized spacial score (nSPS) is 23.4. The van der Waals surface area contributed by atoms with Crippen molar-refractivity contribution in [1.82, 2.24) is 63.2 Å². The van der Waals surface area contributed by atoms with Crippen LogP contribution in [0.15, 0.2) is 65.3 Å². The molecule has 88 heavy (non-hydrogen) atoms. The topological polar surface area (TPSA) is 401 Å². The Balaban J connectivity index is 1.20. The molecule has 10 amide bonds. The molecule has 3 aromatic rings. The number of ether oxygens (including phenoxy) is 1. The minimum Gasteiger partial charge on any atom is -0.444 e. The minimum absolute atomic E-state index is 0.0891. The number of thioether (sulfide) groups is 1. The smallest absolute Gasteiger partial charge is 0.408 e. The van der Waals surface area contributed by atoms with E-state index in [0.717, 1.165) is 15.8 Å². The van der Waals surface area contributed by atoms with E-state index >= 15 is 0 Å². The Hall–Kier alpha value is -7.83. The number of hydroxylamine groups is 1. The molecule has 4 aliphatic heterocycles. The van der Waals surface area contributed by atoms with Crippen LogP contribution < -0.4 is 58.6 Å². The number of nitrogens with zero attached hydrogens (tertiary/aromatic N) is 1. The third-order valence-electron chi connectivity index (χ3n) is 15.3. The average molecular weight is 1250 g/mol. The van der Waals surface area contributed by atoms with Gasteiger partial charge in [-0.25, -0.2) is 10.3 Å². The first-order chi connectivity index (χ1) is 41.6. The summed E-state index contributed by atoms with van der Waals surface area (Å²) in [6, 6.07) is 4.98. The molecule has 2 unspecified atom stereocenters. The molecule has 28 nitrogen and oxygen atoms in total. The molecule has 2 bridgehead atoms. The fraction of sp³-hybridized carbons (Fsp3) is 0.559. The van der Waals surface area contributed by atoms with E-state index in [1.165, 1.54) is 31.7 Å². The summed E-state index contributed by atoms with van der Waals surface area (Å²) in [7, 11) is 0. The van der Waals surface area contributed by atoms with Crippen LogP contribution in [0.5, 0.6) is 0 Å². The highest BCUT2D eigenvalue weighted by atomic mass is 32.2. The van der Waals surface area contributed by atoms with E-state index in [1.54, 1.807) is 65.8 Å². The number of benzene rings is 2. The number of aromatic nitrogens is 1. The second-order valence-corrected chi connectivity index (χ2v) is 24.5. The summed E-state index contributed by atoms with van der Waals surface area (Å²) in [4.78, 5) is 148. The third-order valence-corrected chi connectivity index (χ3v) is 16.0. The molecule has 482 valence electrons. The van der Waals surface area contributed by atoms with Crippen LogP contribution >= 0.6 is 11.8 Å². The molecule has 12 atom stereocenters. The zero-order valence-electron chi connectivity index (χ0n) is 51.2. The Morgan fingerprint density at radius 2 is 1.49 bits per heavy atom. The van der Waals surface area contributed by atoms with Crippen molar-refractivity contribution in [2.45, 2.75) is 166 Å². The van der Waals surface area contributed by atoms with Crippen molar-refractivity contribution in [1.29, 1.82) is 0 Å². The highest BCUT2D eigenvalue weighted by molar-refractivity contribution is 7.98. The van der Waals surface area contributed by atoms with Gasteiger partial charge in [0, 0.05) is 47.6 Å². The Labute approximate surface area is 514 Å². The number of hydrogen-bond donors (Lipinski definition) is 15. The van der Waals surface area contributed by atoms with Crippen molar-refractivity contribution in [2.75, 3.05) is 37.8 Å². The molecular formula is C59H85N13O15S. The van der Waals surface area contributed by atoms with Gasteiger partial charge < -0.3 is 77.8 Å². The molecule has 0 spiro atoms. The lowest BCUT2D eigenvalue weighted by Gasteiger charge is -2.35. The van der Waals surface area contributed by atoms with Crippen molar-refractivity contribution in [3.05, 3.63) is 71.4 Å². The van der Waals surface area contributed by atoms with Crippen LogP contribution in [0.3, 0.4) is 0 Å².